The lowest BCUT2D eigenvalue weighted by atomic mass is 10.1. The molecule has 19 heavy (non-hydrogen) atoms. The van der Waals surface area contributed by atoms with Gasteiger partial charge in [0.1, 0.15) is 5.82 Å². The van der Waals surface area contributed by atoms with Gasteiger partial charge in [-0.15, -0.1) is 11.3 Å². The van der Waals surface area contributed by atoms with Crippen LogP contribution in [0.15, 0.2) is 18.5 Å². The summed E-state index contributed by atoms with van der Waals surface area (Å²) in [4.78, 5) is 4.38. The first-order chi connectivity index (χ1) is 9.11. The summed E-state index contributed by atoms with van der Waals surface area (Å²) in [5.74, 6) is 1.03. The highest BCUT2D eigenvalue weighted by molar-refractivity contribution is 7.20. The van der Waals surface area contributed by atoms with Crippen LogP contribution in [0.3, 0.4) is 0 Å². The Hall–Kier alpha value is -0.550. The van der Waals surface area contributed by atoms with Crippen LogP contribution in [0.1, 0.15) is 30.8 Å². The molecule has 0 saturated heterocycles. The van der Waals surface area contributed by atoms with Crippen LogP contribution in [-0.2, 0) is 13.5 Å². The van der Waals surface area contributed by atoms with E-state index < -0.39 is 0 Å². The van der Waals surface area contributed by atoms with Crippen molar-refractivity contribution in [3.8, 4) is 0 Å². The Morgan fingerprint density at radius 2 is 2.26 bits per heavy atom. The fourth-order valence-corrected chi connectivity index (χ4v) is 3.56. The number of hydrogen-bond acceptors (Lipinski definition) is 3. The van der Waals surface area contributed by atoms with Gasteiger partial charge in [0.25, 0.3) is 0 Å². The molecule has 0 amide bonds. The summed E-state index contributed by atoms with van der Waals surface area (Å²) >= 11 is 13.7. The van der Waals surface area contributed by atoms with Crippen LogP contribution in [0.2, 0.25) is 8.67 Å². The van der Waals surface area contributed by atoms with E-state index in [9.17, 15) is 0 Å². The van der Waals surface area contributed by atoms with Crippen LogP contribution >= 0.6 is 34.5 Å². The molecule has 1 atom stereocenters. The third-order valence-electron chi connectivity index (χ3n) is 3.01. The minimum Gasteiger partial charge on any atom is -0.338 e. The lowest BCUT2D eigenvalue weighted by molar-refractivity contribution is 0.513. The van der Waals surface area contributed by atoms with Gasteiger partial charge in [0, 0.05) is 37.5 Å². The SMILES string of the molecule is CCCNC(Cc1nccn1C)c1cc(Cl)sc1Cl. The molecule has 6 heteroatoms. The first-order valence-corrected chi connectivity index (χ1v) is 7.83. The van der Waals surface area contributed by atoms with Crippen LogP contribution in [0.4, 0.5) is 0 Å². The number of halogens is 2. The Morgan fingerprint density at radius 3 is 2.79 bits per heavy atom. The standard InChI is InChI=1S/C13H17Cl2N3S/c1-3-4-16-10(8-12-17-5-6-18(12)2)9-7-11(14)19-13(9)15/h5-7,10,16H,3-4,8H2,1-2H3. The molecule has 2 rings (SSSR count). The summed E-state index contributed by atoms with van der Waals surface area (Å²) in [5.41, 5.74) is 1.06. The van der Waals surface area contributed by atoms with E-state index in [-0.39, 0.29) is 6.04 Å². The second kappa shape index (κ2) is 6.75. The lowest BCUT2D eigenvalue weighted by Crippen LogP contribution is -2.25. The number of hydrogen-bond donors (Lipinski definition) is 1. The predicted octanol–water partition coefficient (Wildman–Crippen LogP) is 4.07. The molecule has 0 saturated carbocycles. The highest BCUT2D eigenvalue weighted by Gasteiger charge is 2.19. The molecule has 0 aliphatic rings. The molecule has 0 aliphatic heterocycles. The van der Waals surface area contributed by atoms with Gasteiger partial charge in [-0.05, 0) is 19.0 Å². The second-order valence-electron chi connectivity index (χ2n) is 4.44. The molecule has 0 radical (unpaired) electrons. The van der Waals surface area contributed by atoms with Crippen LogP contribution < -0.4 is 5.32 Å². The van der Waals surface area contributed by atoms with E-state index in [0.29, 0.717) is 0 Å². The number of imidazole rings is 1. The average molecular weight is 318 g/mol. The molecule has 0 spiro atoms. The van der Waals surface area contributed by atoms with Gasteiger partial charge in [-0.3, -0.25) is 0 Å². The molecule has 2 aromatic heterocycles. The summed E-state index contributed by atoms with van der Waals surface area (Å²) in [5, 5.41) is 3.52. The van der Waals surface area contributed by atoms with Gasteiger partial charge >= 0.3 is 0 Å². The largest absolute Gasteiger partial charge is 0.338 e. The highest BCUT2D eigenvalue weighted by atomic mass is 35.5. The van der Waals surface area contributed by atoms with Crippen molar-refractivity contribution in [1.29, 1.82) is 0 Å². The Balaban J connectivity index is 2.20. The normalized spacial score (nSPS) is 12.8. The van der Waals surface area contributed by atoms with Crippen molar-refractivity contribution < 1.29 is 0 Å². The molecular formula is C13H17Cl2N3S. The smallest absolute Gasteiger partial charge is 0.110 e. The van der Waals surface area contributed by atoms with Crippen LogP contribution in [0, 0.1) is 0 Å². The Bertz CT molecular complexity index is 536. The van der Waals surface area contributed by atoms with Crippen molar-refractivity contribution in [3.63, 3.8) is 0 Å². The first kappa shape index (κ1) is 14.9. The van der Waals surface area contributed by atoms with Crippen molar-refractivity contribution in [2.45, 2.75) is 25.8 Å². The van der Waals surface area contributed by atoms with E-state index in [1.807, 2.05) is 30.1 Å². The molecule has 1 unspecified atom stereocenters. The Labute approximate surface area is 127 Å². The van der Waals surface area contributed by atoms with E-state index in [1.54, 1.807) is 0 Å². The van der Waals surface area contributed by atoms with Gasteiger partial charge < -0.3 is 9.88 Å². The van der Waals surface area contributed by atoms with E-state index in [0.717, 1.165) is 39.4 Å². The number of rotatable bonds is 6. The van der Waals surface area contributed by atoms with Crippen molar-refractivity contribution in [2.75, 3.05) is 6.54 Å². The molecule has 0 fully saturated rings. The van der Waals surface area contributed by atoms with Crippen LogP contribution in [0.25, 0.3) is 0 Å². The molecule has 2 heterocycles. The lowest BCUT2D eigenvalue weighted by Gasteiger charge is -2.18. The number of nitrogens with one attached hydrogen (secondary N) is 1. The minimum atomic E-state index is 0.150. The second-order valence-corrected chi connectivity index (χ2v) is 6.73. The number of thiophene rings is 1. The van der Waals surface area contributed by atoms with E-state index in [2.05, 4.69) is 17.2 Å². The van der Waals surface area contributed by atoms with Crippen LogP contribution in [0.5, 0.6) is 0 Å². The highest BCUT2D eigenvalue weighted by Crippen LogP contribution is 2.36. The van der Waals surface area contributed by atoms with Gasteiger partial charge in [-0.1, -0.05) is 30.1 Å². The van der Waals surface area contributed by atoms with E-state index in [1.165, 1.54) is 11.3 Å². The molecule has 3 nitrogen and oxygen atoms in total. The fraction of sp³-hybridized carbons (Fsp3) is 0.462. The van der Waals surface area contributed by atoms with Crippen molar-refractivity contribution >= 4 is 34.5 Å². The van der Waals surface area contributed by atoms with Crippen molar-refractivity contribution in [1.82, 2.24) is 14.9 Å². The maximum atomic E-state index is 6.27. The average Bonchev–Trinajstić information content (AvgIpc) is 2.91. The fourth-order valence-electron chi connectivity index (χ4n) is 1.98. The molecule has 0 bridgehead atoms. The first-order valence-electron chi connectivity index (χ1n) is 6.26. The number of aromatic nitrogens is 2. The van der Waals surface area contributed by atoms with Gasteiger partial charge in [-0.2, -0.15) is 0 Å². The summed E-state index contributed by atoms with van der Waals surface area (Å²) in [7, 11) is 2.00. The monoisotopic (exact) mass is 317 g/mol. The summed E-state index contributed by atoms with van der Waals surface area (Å²) in [6.45, 7) is 3.09. The summed E-state index contributed by atoms with van der Waals surface area (Å²) < 4.78 is 3.51. The number of aryl methyl sites for hydroxylation is 1. The third-order valence-corrected chi connectivity index (χ3v) is 4.52. The van der Waals surface area contributed by atoms with Gasteiger partial charge in [-0.25, -0.2) is 4.98 Å². The topological polar surface area (TPSA) is 29.9 Å². The molecule has 1 N–H and O–H groups in total. The zero-order chi connectivity index (χ0) is 13.8. The van der Waals surface area contributed by atoms with Crippen molar-refractivity contribution in [3.05, 3.63) is 38.5 Å². The maximum Gasteiger partial charge on any atom is 0.110 e. The van der Waals surface area contributed by atoms with Gasteiger partial charge in [0.2, 0.25) is 0 Å². The molecule has 0 aliphatic carbocycles. The zero-order valence-electron chi connectivity index (χ0n) is 11.0. The minimum absolute atomic E-state index is 0.150. The quantitative estimate of drug-likeness (QED) is 0.870. The van der Waals surface area contributed by atoms with Crippen LogP contribution in [-0.4, -0.2) is 16.1 Å². The zero-order valence-corrected chi connectivity index (χ0v) is 13.3. The van der Waals surface area contributed by atoms with Crippen molar-refractivity contribution in [2.24, 2.45) is 7.05 Å². The predicted molar refractivity (Wildman–Crippen MR) is 82.3 cm³/mol. The Kier molecular flexibility index (Phi) is 5.28. The maximum absolute atomic E-state index is 6.27. The number of nitrogens with zero attached hydrogens (tertiary/aromatic N) is 2. The molecule has 2 aromatic rings. The Morgan fingerprint density at radius 1 is 1.47 bits per heavy atom. The van der Waals surface area contributed by atoms with E-state index >= 15 is 0 Å². The molecule has 0 aromatic carbocycles. The van der Waals surface area contributed by atoms with E-state index in [4.69, 9.17) is 23.2 Å². The summed E-state index contributed by atoms with van der Waals surface area (Å²) in [6.07, 6.45) is 5.64. The summed E-state index contributed by atoms with van der Waals surface area (Å²) in [6, 6.07) is 2.10. The third kappa shape index (κ3) is 3.72. The molecule has 104 valence electrons. The van der Waals surface area contributed by atoms with Gasteiger partial charge in [0.05, 0.1) is 8.67 Å². The molecular weight excluding hydrogens is 301 g/mol. The van der Waals surface area contributed by atoms with Gasteiger partial charge in [0.15, 0.2) is 0 Å².